The SMILES string of the molecule is O=C(Nc1ncc(Cc2cc(Cl)ccc2Cl)s1)c1ccc(-n2cncn2)cc1. The first-order valence-electron chi connectivity index (χ1n) is 8.23. The topological polar surface area (TPSA) is 72.7 Å². The van der Waals surface area contributed by atoms with Gasteiger partial charge in [-0.05, 0) is 48.0 Å². The molecule has 1 amide bonds. The highest BCUT2D eigenvalue weighted by Crippen LogP contribution is 2.27. The molecule has 0 aliphatic heterocycles. The fourth-order valence-corrected chi connectivity index (χ4v) is 3.80. The second-order valence-electron chi connectivity index (χ2n) is 5.89. The second kappa shape index (κ2) is 8.10. The Balaban J connectivity index is 1.43. The number of aromatic nitrogens is 4. The lowest BCUT2D eigenvalue weighted by atomic mass is 10.1. The molecular weight excluding hydrogens is 417 g/mol. The second-order valence-corrected chi connectivity index (χ2v) is 7.84. The van der Waals surface area contributed by atoms with Crippen LogP contribution < -0.4 is 5.32 Å². The Morgan fingerprint density at radius 2 is 1.96 bits per heavy atom. The van der Waals surface area contributed by atoms with E-state index < -0.39 is 0 Å². The van der Waals surface area contributed by atoms with Crippen LogP contribution >= 0.6 is 34.5 Å². The number of benzene rings is 2. The van der Waals surface area contributed by atoms with Crippen molar-refractivity contribution in [3.05, 3.63) is 87.4 Å². The maximum Gasteiger partial charge on any atom is 0.257 e. The first-order valence-corrected chi connectivity index (χ1v) is 9.81. The number of thiazole rings is 1. The monoisotopic (exact) mass is 429 g/mol. The fourth-order valence-electron chi connectivity index (χ4n) is 2.59. The molecule has 0 unspecified atom stereocenters. The number of carbonyl (C=O) groups excluding carboxylic acids is 1. The van der Waals surface area contributed by atoms with Crippen LogP contribution in [0, 0.1) is 0 Å². The smallest absolute Gasteiger partial charge is 0.257 e. The number of hydrogen-bond acceptors (Lipinski definition) is 5. The van der Waals surface area contributed by atoms with Gasteiger partial charge in [0.2, 0.25) is 0 Å². The van der Waals surface area contributed by atoms with Gasteiger partial charge in [0.1, 0.15) is 12.7 Å². The molecule has 2 heterocycles. The van der Waals surface area contributed by atoms with Gasteiger partial charge in [-0.2, -0.15) is 5.10 Å². The van der Waals surface area contributed by atoms with E-state index in [2.05, 4.69) is 20.4 Å². The molecule has 0 saturated heterocycles. The summed E-state index contributed by atoms with van der Waals surface area (Å²) < 4.78 is 1.62. The fraction of sp³-hybridized carbons (Fsp3) is 0.0526. The van der Waals surface area contributed by atoms with Crippen molar-refractivity contribution in [1.82, 2.24) is 19.7 Å². The lowest BCUT2D eigenvalue weighted by molar-refractivity contribution is 0.102. The molecule has 0 spiro atoms. The summed E-state index contributed by atoms with van der Waals surface area (Å²) in [6, 6.07) is 12.4. The molecule has 2 aromatic heterocycles. The summed E-state index contributed by atoms with van der Waals surface area (Å²) in [5.41, 5.74) is 2.27. The van der Waals surface area contributed by atoms with Crippen molar-refractivity contribution in [2.24, 2.45) is 0 Å². The van der Waals surface area contributed by atoms with E-state index in [1.807, 2.05) is 6.07 Å². The number of anilines is 1. The quantitative estimate of drug-likeness (QED) is 0.490. The number of rotatable bonds is 5. The minimum Gasteiger partial charge on any atom is -0.298 e. The molecule has 28 heavy (non-hydrogen) atoms. The summed E-state index contributed by atoms with van der Waals surface area (Å²) in [5.74, 6) is -0.230. The highest BCUT2D eigenvalue weighted by atomic mass is 35.5. The molecule has 4 aromatic rings. The molecule has 0 atom stereocenters. The third kappa shape index (κ3) is 4.22. The third-order valence-corrected chi connectivity index (χ3v) is 5.48. The predicted octanol–water partition coefficient (Wildman–Crippen LogP) is 4.87. The van der Waals surface area contributed by atoms with Gasteiger partial charge in [-0.25, -0.2) is 14.6 Å². The van der Waals surface area contributed by atoms with Gasteiger partial charge in [0.05, 0.1) is 5.69 Å². The summed E-state index contributed by atoms with van der Waals surface area (Å²) in [5, 5.41) is 8.68. The van der Waals surface area contributed by atoms with Crippen LogP contribution in [0.3, 0.4) is 0 Å². The van der Waals surface area contributed by atoms with Crippen molar-refractivity contribution < 1.29 is 4.79 Å². The highest BCUT2D eigenvalue weighted by molar-refractivity contribution is 7.15. The molecule has 140 valence electrons. The molecular formula is C19H13Cl2N5OS. The molecule has 6 nitrogen and oxygen atoms in total. The van der Waals surface area contributed by atoms with Crippen LogP contribution in [0.25, 0.3) is 5.69 Å². The van der Waals surface area contributed by atoms with Crippen LogP contribution in [0.1, 0.15) is 20.8 Å². The summed E-state index contributed by atoms with van der Waals surface area (Å²) in [4.78, 5) is 21.6. The average molecular weight is 430 g/mol. The standard InChI is InChI=1S/C19H13Cl2N5OS/c20-14-3-6-17(21)13(7-14)8-16-9-23-19(28-16)25-18(27)12-1-4-15(5-2-12)26-11-22-10-24-26/h1-7,9-11H,8H2,(H,23,25,27). The van der Waals surface area contributed by atoms with E-state index in [0.717, 1.165) is 16.1 Å². The van der Waals surface area contributed by atoms with Crippen LogP contribution in [0.5, 0.6) is 0 Å². The van der Waals surface area contributed by atoms with Gasteiger partial charge in [0.25, 0.3) is 5.91 Å². The number of nitrogens with one attached hydrogen (secondary N) is 1. The molecule has 0 radical (unpaired) electrons. The van der Waals surface area contributed by atoms with E-state index in [0.29, 0.717) is 27.2 Å². The molecule has 0 fully saturated rings. The first kappa shape index (κ1) is 18.6. The Morgan fingerprint density at radius 1 is 1.14 bits per heavy atom. The molecule has 4 rings (SSSR count). The summed E-state index contributed by atoms with van der Waals surface area (Å²) in [6.07, 6.45) is 5.38. The largest absolute Gasteiger partial charge is 0.298 e. The first-order chi connectivity index (χ1) is 13.6. The van der Waals surface area contributed by atoms with Crippen LogP contribution in [0.2, 0.25) is 10.0 Å². The van der Waals surface area contributed by atoms with Crippen molar-refractivity contribution in [3.63, 3.8) is 0 Å². The molecule has 0 aliphatic carbocycles. The number of hydrogen-bond donors (Lipinski definition) is 1. The zero-order valence-corrected chi connectivity index (χ0v) is 16.7. The van der Waals surface area contributed by atoms with Gasteiger partial charge in [-0.3, -0.25) is 10.1 Å². The van der Waals surface area contributed by atoms with E-state index in [1.165, 1.54) is 17.7 Å². The van der Waals surface area contributed by atoms with Crippen LogP contribution in [0.4, 0.5) is 5.13 Å². The summed E-state index contributed by atoms with van der Waals surface area (Å²) in [6.45, 7) is 0. The Labute approximate surface area is 174 Å². The van der Waals surface area contributed by atoms with E-state index in [4.69, 9.17) is 23.2 Å². The number of nitrogens with zero attached hydrogens (tertiary/aromatic N) is 4. The number of amides is 1. The Hall–Kier alpha value is -2.74. The van der Waals surface area contributed by atoms with E-state index in [1.54, 1.807) is 53.6 Å². The maximum atomic E-state index is 12.5. The van der Waals surface area contributed by atoms with E-state index in [-0.39, 0.29) is 5.91 Å². The Morgan fingerprint density at radius 3 is 2.71 bits per heavy atom. The third-order valence-electron chi connectivity index (χ3n) is 3.96. The zero-order valence-electron chi connectivity index (χ0n) is 14.3. The Bertz CT molecular complexity index is 1110. The predicted molar refractivity (Wildman–Crippen MR) is 111 cm³/mol. The van der Waals surface area contributed by atoms with Crippen molar-refractivity contribution >= 4 is 45.6 Å². The lowest BCUT2D eigenvalue weighted by Gasteiger charge is -2.04. The average Bonchev–Trinajstić information content (AvgIpc) is 3.37. The number of halogens is 2. The van der Waals surface area contributed by atoms with Gasteiger partial charge < -0.3 is 0 Å². The van der Waals surface area contributed by atoms with E-state index in [9.17, 15) is 4.79 Å². The van der Waals surface area contributed by atoms with E-state index >= 15 is 0 Å². The summed E-state index contributed by atoms with van der Waals surface area (Å²) in [7, 11) is 0. The van der Waals surface area contributed by atoms with Crippen molar-refractivity contribution in [2.45, 2.75) is 6.42 Å². The normalized spacial score (nSPS) is 10.8. The number of carbonyl (C=O) groups is 1. The molecule has 2 aromatic carbocycles. The molecule has 1 N–H and O–H groups in total. The van der Waals surface area contributed by atoms with Crippen molar-refractivity contribution in [1.29, 1.82) is 0 Å². The maximum absolute atomic E-state index is 12.5. The van der Waals surface area contributed by atoms with Gasteiger partial charge in [0, 0.05) is 33.1 Å². The molecule has 0 bridgehead atoms. The van der Waals surface area contributed by atoms with Gasteiger partial charge in [0.15, 0.2) is 5.13 Å². The minimum absolute atomic E-state index is 0.230. The van der Waals surface area contributed by atoms with Gasteiger partial charge in [-0.15, -0.1) is 11.3 Å². The highest BCUT2D eigenvalue weighted by Gasteiger charge is 2.11. The lowest BCUT2D eigenvalue weighted by Crippen LogP contribution is -2.11. The zero-order chi connectivity index (χ0) is 19.5. The van der Waals surface area contributed by atoms with Gasteiger partial charge in [-0.1, -0.05) is 23.2 Å². The van der Waals surface area contributed by atoms with Gasteiger partial charge >= 0.3 is 0 Å². The molecule has 9 heteroatoms. The van der Waals surface area contributed by atoms with Crippen LogP contribution in [0.15, 0.2) is 61.3 Å². The minimum atomic E-state index is -0.230. The van der Waals surface area contributed by atoms with Crippen molar-refractivity contribution in [3.8, 4) is 5.69 Å². The van der Waals surface area contributed by atoms with Crippen LogP contribution in [-0.4, -0.2) is 25.7 Å². The van der Waals surface area contributed by atoms with Crippen LogP contribution in [-0.2, 0) is 6.42 Å². The Kier molecular flexibility index (Phi) is 5.38. The molecule has 0 aliphatic rings. The molecule has 0 saturated carbocycles. The van der Waals surface area contributed by atoms with Crippen molar-refractivity contribution in [2.75, 3.05) is 5.32 Å². The summed E-state index contributed by atoms with van der Waals surface area (Å²) >= 11 is 13.6.